The van der Waals surface area contributed by atoms with Crippen molar-refractivity contribution in [2.45, 2.75) is 10.6 Å². The van der Waals surface area contributed by atoms with E-state index in [0.717, 1.165) is 10.5 Å². The first-order valence-electron chi connectivity index (χ1n) is 9.09. The molecule has 0 bridgehead atoms. The Labute approximate surface area is 179 Å². The SMILES string of the molecule is COc1cc(C(=O)Nc2ccccc2CSc2cnccc2N)cc(OC)c1OC. The maximum Gasteiger partial charge on any atom is 0.255 e. The molecule has 0 atom stereocenters. The Hall–Kier alpha value is -3.39. The molecular formula is C22H23N3O4S. The van der Waals surface area contributed by atoms with Gasteiger partial charge in [0.1, 0.15) is 0 Å². The van der Waals surface area contributed by atoms with Crippen LogP contribution in [-0.2, 0) is 5.75 Å². The highest BCUT2D eigenvalue weighted by atomic mass is 32.2. The van der Waals surface area contributed by atoms with Crippen molar-refractivity contribution in [2.24, 2.45) is 0 Å². The first-order valence-corrected chi connectivity index (χ1v) is 10.1. The van der Waals surface area contributed by atoms with Gasteiger partial charge in [0, 0.05) is 40.0 Å². The number of carbonyl (C=O) groups is 1. The van der Waals surface area contributed by atoms with Gasteiger partial charge in [-0.3, -0.25) is 9.78 Å². The molecule has 1 heterocycles. The summed E-state index contributed by atoms with van der Waals surface area (Å²) in [4.78, 5) is 17.9. The quantitative estimate of drug-likeness (QED) is 0.521. The highest BCUT2D eigenvalue weighted by Gasteiger charge is 2.18. The van der Waals surface area contributed by atoms with Gasteiger partial charge in [-0.05, 0) is 29.8 Å². The minimum atomic E-state index is -0.285. The van der Waals surface area contributed by atoms with Crippen LogP contribution in [0.1, 0.15) is 15.9 Å². The number of ether oxygens (including phenoxy) is 3. The third-order valence-electron chi connectivity index (χ3n) is 4.39. The molecule has 1 aromatic heterocycles. The topological polar surface area (TPSA) is 95.7 Å². The van der Waals surface area contributed by atoms with Crippen LogP contribution in [0.25, 0.3) is 0 Å². The highest BCUT2D eigenvalue weighted by molar-refractivity contribution is 7.98. The lowest BCUT2D eigenvalue weighted by molar-refractivity contribution is 0.102. The number of benzene rings is 2. The van der Waals surface area contributed by atoms with E-state index >= 15 is 0 Å². The van der Waals surface area contributed by atoms with Crippen LogP contribution in [0, 0.1) is 0 Å². The second kappa shape index (κ2) is 9.89. The lowest BCUT2D eigenvalue weighted by Gasteiger charge is -2.15. The first-order chi connectivity index (χ1) is 14.6. The van der Waals surface area contributed by atoms with Gasteiger partial charge in [-0.25, -0.2) is 0 Å². The Morgan fingerprint density at radius 1 is 1.07 bits per heavy atom. The number of rotatable bonds is 8. The van der Waals surface area contributed by atoms with Crippen LogP contribution in [0.5, 0.6) is 17.2 Å². The van der Waals surface area contributed by atoms with Crippen LogP contribution < -0.4 is 25.3 Å². The fourth-order valence-electron chi connectivity index (χ4n) is 2.84. The molecule has 0 saturated heterocycles. The van der Waals surface area contributed by atoms with Crippen molar-refractivity contribution in [2.75, 3.05) is 32.4 Å². The van der Waals surface area contributed by atoms with Crippen LogP contribution in [0.15, 0.2) is 59.8 Å². The van der Waals surface area contributed by atoms with E-state index in [9.17, 15) is 4.79 Å². The zero-order chi connectivity index (χ0) is 21.5. The average Bonchev–Trinajstić information content (AvgIpc) is 2.78. The summed E-state index contributed by atoms with van der Waals surface area (Å²) >= 11 is 1.56. The first kappa shape index (κ1) is 21.3. The number of nitrogens with two attached hydrogens (primary N) is 1. The minimum Gasteiger partial charge on any atom is -0.493 e. The number of amides is 1. The molecule has 0 radical (unpaired) electrons. The molecule has 0 fully saturated rings. The summed E-state index contributed by atoms with van der Waals surface area (Å²) in [6, 6.07) is 12.6. The number of carbonyl (C=O) groups excluding carboxylic acids is 1. The Balaban J connectivity index is 1.82. The van der Waals surface area contributed by atoms with Crippen LogP contribution >= 0.6 is 11.8 Å². The molecule has 3 N–H and O–H groups in total. The van der Waals surface area contributed by atoms with Crippen molar-refractivity contribution in [1.29, 1.82) is 0 Å². The van der Waals surface area contributed by atoms with E-state index in [1.54, 1.807) is 42.4 Å². The van der Waals surface area contributed by atoms with E-state index in [1.807, 2.05) is 24.3 Å². The number of aromatic nitrogens is 1. The minimum absolute atomic E-state index is 0.285. The molecule has 0 aliphatic heterocycles. The zero-order valence-corrected chi connectivity index (χ0v) is 17.8. The molecule has 0 aliphatic carbocycles. The summed E-state index contributed by atoms with van der Waals surface area (Å²) in [7, 11) is 4.54. The van der Waals surface area contributed by atoms with Crippen molar-refractivity contribution >= 4 is 29.0 Å². The molecule has 156 valence electrons. The number of pyridine rings is 1. The summed E-state index contributed by atoms with van der Waals surface area (Å²) in [5.74, 6) is 1.60. The number of anilines is 2. The lowest BCUT2D eigenvalue weighted by atomic mass is 10.1. The third kappa shape index (κ3) is 4.77. The van der Waals surface area contributed by atoms with Gasteiger partial charge in [-0.15, -0.1) is 11.8 Å². The summed E-state index contributed by atoms with van der Waals surface area (Å²) < 4.78 is 16.0. The number of hydrogen-bond donors (Lipinski definition) is 2. The van der Waals surface area contributed by atoms with E-state index in [4.69, 9.17) is 19.9 Å². The Morgan fingerprint density at radius 2 is 1.77 bits per heavy atom. The van der Waals surface area contributed by atoms with Gasteiger partial charge in [0.15, 0.2) is 11.5 Å². The van der Waals surface area contributed by atoms with Crippen molar-refractivity contribution in [3.8, 4) is 17.2 Å². The molecule has 1 amide bonds. The van der Waals surface area contributed by atoms with Crippen molar-refractivity contribution in [3.63, 3.8) is 0 Å². The van der Waals surface area contributed by atoms with Crippen LogP contribution in [0.2, 0.25) is 0 Å². The molecule has 0 aliphatic rings. The number of nitrogen functional groups attached to an aromatic ring is 1. The van der Waals surface area contributed by atoms with E-state index in [2.05, 4.69) is 10.3 Å². The third-order valence-corrected chi connectivity index (χ3v) is 5.50. The number of methoxy groups -OCH3 is 3. The van der Waals surface area contributed by atoms with Gasteiger partial charge < -0.3 is 25.3 Å². The largest absolute Gasteiger partial charge is 0.493 e. The predicted molar refractivity (Wildman–Crippen MR) is 119 cm³/mol. The standard InChI is InChI=1S/C22H23N3O4S/c1-27-18-10-15(11-19(28-2)21(18)29-3)22(26)25-17-7-5-4-6-14(17)13-30-20-12-24-9-8-16(20)23/h4-12H,13H2,1-3H3,(H2,23,24)(H,25,26). The fraction of sp³-hybridized carbons (Fsp3) is 0.182. The van der Waals surface area contributed by atoms with Crippen molar-refractivity contribution < 1.29 is 19.0 Å². The predicted octanol–water partition coefficient (Wildman–Crippen LogP) is 4.23. The van der Waals surface area contributed by atoms with Crippen LogP contribution in [0.4, 0.5) is 11.4 Å². The number of nitrogens with zero attached hydrogens (tertiary/aromatic N) is 1. The van der Waals surface area contributed by atoms with E-state index in [-0.39, 0.29) is 5.91 Å². The smallest absolute Gasteiger partial charge is 0.255 e. The van der Waals surface area contributed by atoms with E-state index < -0.39 is 0 Å². The lowest BCUT2D eigenvalue weighted by Crippen LogP contribution is -2.14. The monoisotopic (exact) mass is 425 g/mol. The fourth-order valence-corrected chi connectivity index (χ4v) is 3.77. The summed E-state index contributed by atoms with van der Waals surface area (Å²) in [6.45, 7) is 0. The zero-order valence-electron chi connectivity index (χ0n) is 17.0. The van der Waals surface area contributed by atoms with Gasteiger partial charge in [-0.1, -0.05) is 18.2 Å². The van der Waals surface area contributed by atoms with Gasteiger partial charge >= 0.3 is 0 Å². The molecule has 3 rings (SSSR count). The van der Waals surface area contributed by atoms with Crippen LogP contribution in [-0.4, -0.2) is 32.2 Å². The Kier molecular flexibility index (Phi) is 7.03. The number of hydrogen-bond acceptors (Lipinski definition) is 7. The van der Waals surface area contributed by atoms with Crippen LogP contribution in [0.3, 0.4) is 0 Å². The molecular weight excluding hydrogens is 402 g/mol. The molecule has 7 nitrogen and oxygen atoms in total. The number of para-hydroxylation sites is 1. The molecule has 0 saturated carbocycles. The second-order valence-corrected chi connectivity index (χ2v) is 7.24. The summed E-state index contributed by atoms with van der Waals surface area (Å²) in [5.41, 5.74) is 8.74. The maximum absolute atomic E-state index is 12.9. The van der Waals surface area contributed by atoms with Gasteiger partial charge in [0.25, 0.3) is 5.91 Å². The van der Waals surface area contributed by atoms with Crippen molar-refractivity contribution in [3.05, 3.63) is 66.0 Å². The normalized spacial score (nSPS) is 10.4. The Bertz CT molecular complexity index is 1020. The van der Waals surface area contributed by atoms with Gasteiger partial charge in [0.2, 0.25) is 5.75 Å². The summed E-state index contributed by atoms with van der Waals surface area (Å²) in [5, 5.41) is 2.97. The van der Waals surface area contributed by atoms with Gasteiger partial charge in [-0.2, -0.15) is 0 Å². The molecule has 2 aromatic carbocycles. The van der Waals surface area contributed by atoms with E-state index in [1.165, 1.54) is 21.3 Å². The van der Waals surface area contributed by atoms with E-state index in [0.29, 0.717) is 39.9 Å². The van der Waals surface area contributed by atoms with Crippen molar-refractivity contribution in [1.82, 2.24) is 4.98 Å². The number of nitrogens with one attached hydrogen (secondary N) is 1. The molecule has 8 heteroatoms. The molecule has 3 aromatic rings. The molecule has 0 spiro atoms. The highest BCUT2D eigenvalue weighted by Crippen LogP contribution is 2.38. The second-order valence-electron chi connectivity index (χ2n) is 6.23. The Morgan fingerprint density at radius 3 is 2.40 bits per heavy atom. The average molecular weight is 426 g/mol. The molecule has 0 unspecified atom stereocenters. The maximum atomic E-state index is 12.9. The number of thioether (sulfide) groups is 1. The molecule has 30 heavy (non-hydrogen) atoms. The summed E-state index contributed by atoms with van der Waals surface area (Å²) in [6.07, 6.45) is 3.39. The van der Waals surface area contributed by atoms with Gasteiger partial charge in [0.05, 0.1) is 21.3 Å².